The van der Waals surface area contributed by atoms with E-state index >= 15 is 0 Å². The Morgan fingerprint density at radius 1 is 1.12 bits per heavy atom. The summed E-state index contributed by atoms with van der Waals surface area (Å²) in [7, 11) is 0. The van der Waals surface area contributed by atoms with Gasteiger partial charge in [0.25, 0.3) is 0 Å². The second-order valence-corrected chi connectivity index (χ2v) is 4.33. The van der Waals surface area contributed by atoms with E-state index in [2.05, 4.69) is 0 Å². The number of aromatic hydroxyl groups is 1. The summed E-state index contributed by atoms with van der Waals surface area (Å²) in [5.74, 6) is 0.0981. The molecule has 88 valence electrons. The molecule has 1 N–H and O–H groups in total. The average molecular weight is 230 g/mol. The highest BCUT2D eigenvalue weighted by Crippen LogP contribution is 2.25. The minimum Gasteiger partial charge on any atom is -0.493 e. The first kappa shape index (κ1) is 10.2. The van der Waals surface area contributed by atoms with E-state index in [0.29, 0.717) is 6.54 Å². The first-order valence-corrected chi connectivity index (χ1v) is 5.88. The predicted molar refractivity (Wildman–Crippen MR) is 64.6 cm³/mol. The molecule has 1 aromatic carbocycles. The number of hydrogen-bond donors (Lipinski definition) is 1. The summed E-state index contributed by atoms with van der Waals surface area (Å²) in [6, 6.07) is 9.26. The van der Waals surface area contributed by atoms with Crippen LogP contribution in [0.5, 0.6) is 5.88 Å². The normalized spacial score (nSPS) is 14.6. The van der Waals surface area contributed by atoms with Crippen molar-refractivity contribution in [3.8, 4) is 11.6 Å². The average Bonchev–Trinajstić information content (AvgIpc) is 2.64. The van der Waals surface area contributed by atoms with Gasteiger partial charge >= 0.3 is 5.69 Å². The molecule has 3 rings (SSSR count). The van der Waals surface area contributed by atoms with Crippen LogP contribution in [0.4, 0.5) is 0 Å². The molecule has 2 aromatic rings. The fraction of sp³-hybridized carbons (Fsp3) is 0.308. The maximum Gasteiger partial charge on any atom is 0.335 e. The van der Waals surface area contributed by atoms with Crippen molar-refractivity contribution >= 4 is 0 Å². The summed E-state index contributed by atoms with van der Waals surface area (Å²) < 4.78 is 3.08. The molecule has 4 nitrogen and oxygen atoms in total. The highest BCUT2D eigenvalue weighted by atomic mass is 16.3. The fourth-order valence-electron chi connectivity index (χ4n) is 2.43. The summed E-state index contributed by atoms with van der Waals surface area (Å²) >= 11 is 0. The molecule has 0 unspecified atom stereocenters. The van der Waals surface area contributed by atoms with Crippen molar-refractivity contribution in [2.24, 2.45) is 0 Å². The van der Waals surface area contributed by atoms with Crippen LogP contribution in [0.2, 0.25) is 0 Å². The SMILES string of the molecule is O=c1n2c(c(O)n1-c1ccccc1)CCCC2. The van der Waals surface area contributed by atoms with Gasteiger partial charge < -0.3 is 5.11 Å². The fourth-order valence-corrected chi connectivity index (χ4v) is 2.43. The van der Waals surface area contributed by atoms with Gasteiger partial charge in [-0.25, -0.2) is 9.36 Å². The molecular weight excluding hydrogens is 216 g/mol. The van der Waals surface area contributed by atoms with Crippen LogP contribution in [0.25, 0.3) is 5.69 Å². The molecule has 0 atom stereocenters. The van der Waals surface area contributed by atoms with Crippen molar-refractivity contribution in [1.82, 2.24) is 9.13 Å². The van der Waals surface area contributed by atoms with E-state index in [1.54, 1.807) is 4.57 Å². The highest BCUT2D eigenvalue weighted by Gasteiger charge is 2.22. The van der Waals surface area contributed by atoms with Gasteiger partial charge in [0.05, 0.1) is 11.4 Å². The van der Waals surface area contributed by atoms with Gasteiger partial charge in [-0.15, -0.1) is 0 Å². The Kier molecular flexibility index (Phi) is 2.28. The number of para-hydroxylation sites is 1. The van der Waals surface area contributed by atoms with Crippen molar-refractivity contribution in [3.05, 3.63) is 46.5 Å². The number of fused-ring (bicyclic) bond motifs is 1. The molecule has 0 radical (unpaired) electrons. The molecule has 0 saturated carbocycles. The van der Waals surface area contributed by atoms with Crippen molar-refractivity contribution in [3.63, 3.8) is 0 Å². The van der Waals surface area contributed by atoms with E-state index in [-0.39, 0.29) is 11.6 Å². The number of hydrogen-bond acceptors (Lipinski definition) is 2. The quantitative estimate of drug-likeness (QED) is 0.810. The van der Waals surface area contributed by atoms with Crippen LogP contribution in [0.1, 0.15) is 18.5 Å². The highest BCUT2D eigenvalue weighted by molar-refractivity contribution is 5.38. The van der Waals surface area contributed by atoms with Crippen molar-refractivity contribution < 1.29 is 5.11 Å². The van der Waals surface area contributed by atoms with Crippen molar-refractivity contribution in [2.45, 2.75) is 25.8 Å². The Bertz CT molecular complexity index is 596. The van der Waals surface area contributed by atoms with Gasteiger partial charge in [0.1, 0.15) is 0 Å². The largest absolute Gasteiger partial charge is 0.493 e. The topological polar surface area (TPSA) is 47.2 Å². The zero-order valence-electron chi connectivity index (χ0n) is 9.47. The minimum atomic E-state index is -0.136. The molecular formula is C13H14N2O2. The Balaban J connectivity index is 2.25. The third kappa shape index (κ3) is 1.48. The predicted octanol–water partition coefficient (Wildman–Crippen LogP) is 1.68. The first-order chi connectivity index (χ1) is 8.29. The lowest BCUT2D eigenvalue weighted by atomic mass is 10.1. The van der Waals surface area contributed by atoms with Gasteiger partial charge in [-0.2, -0.15) is 0 Å². The van der Waals surface area contributed by atoms with Crippen molar-refractivity contribution in [2.75, 3.05) is 0 Å². The molecule has 1 aliphatic rings. The van der Waals surface area contributed by atoms with Crippen molar-refractivity contribution in [1.29, 1.82) is 0 Å². The van der Waals surface area contributed by atoms with Crippen LogP contribution in [-0.2, 0) is 13.0 Å². The van der Waals surface area contributed by atoms with E-state index < -0.39 is 0 Å². The summed E-state index contributed by atoms with van der Waals surface area (Å²) in [6.07, 6.45) is 2.82. The van der Waals surface area contributed by atoms with E-state index in [1.807, 2.05) is 30.3 Å². The molecule has 0 saturated heterocycles. The molecule has 4 heteroatoms. The molecule has 1 aliphatic heterocycles. The van der Waals surface area contributed by atoms with Gasteiger partial charge in [0.2, 0.25) is 5.88 Å². The number of nitrogens with zero attached hydrogens (tertiary/aromatic N) is 2. The second kappa shape index (κ2) is 3.80. The molecule has 17 heavy (non-hydrogen) atoms. The lowest BCUT2D eigenvalue weighted by Gasteiger charge is -2.11. The van der Waals surface area contributed by atoms with Gasteiger partial charge in [-0.05, 0) is 31.4 Å². The monoisotopic (exact) mass is 230 g/mol. The lowest BCUT2D eigenvalue weighted by Crippen LogP contribution is -2.25. The van der Waals surface area contributed by atoms with Crippen LogP contribution in [0.3, 0.4) is 0 Å². The standard InChI is InChI=1S/C13H14N2O2/c16-12-11-8-4-5-9-14(11)13(17)15(12)10-6-2-1-3-7-10/h1-3,6-7,16H,4-5,8-9H2. The Labute approximate surface area is 98.7 Å². The summed E-state index contributed by atoms with van der Waals surface area (Å²) in [5.41, 5.74) is 1.35. The third-order valence-electron chi connectivity index (χ3n) is 3.28. The molecule has 0 amide bonds. The zero-order valence-corrected chi connectivity index (χ0v) is 9.47. The van der Waals surface area contributed by atoms with E-state index in [4.69, 9.17) is 0 Å². The van der Waals surface area contributed by atoms with Crippen LogP contribution >= 0.6 is 0 Å². The van der Waals surface area contributed by atoms with Gasteiger partial charge in [-0.3, -0.25) is 4.57 Å². The molecule has 1 aromatic heterocycles. The smallest absolute Gasteiger partial charge is 0.335 e. The Hall–Kier alpha value is -1.97. The number of rotatable bonds is 1. The van der Waals surface area contributed by atoms with Gasteiger partial charge in [-0.1, -0.05) is 18.2 Å². The molecule has 0 spiro atoms. The van der Waals surface area contributed by atoms with E-state index in [9.17, 15) is 9.90 Å². The Morgan fingerprint density at radius 2 is 1.88 bits per heavy atom. The summed E-state index contributed by atoms with van der Waals surface area (Å²) in [5, 5.41) is 10.2. The second-order valence-electron chi connectivity index (χ2n) is 4.33. The summed E-state index contributed by atoms with van der Waals surface area (Å²) in [4.78, 5) is 12.2. The zero-order chi connectivity index (χ0) is 11.8. The number of aromatic nitrogens is 2. The van der Waals surface area contributed by atoms with Crippen LogP contribution in [0.15, 0.2) is 35.1 Å². The summed E-state index contributed by atoms with van der Waals surface area (Å²) in [6.45, 7) is 0.710. The Morgan fingerprint density at radius 3 is 2.59 bits per heavy atom. The maximum absolute atomic E-state index is 12.2. The van der Waals surface area contributed by atoms with Crippen LogP contribution < -0.4 is 5.69 Å². The number of imidazole rings is 1. The molecule has 0 aliphatic carbocycles. The van der Waals surface area contributed by atoms with Gasteiger partial charge in [0.15, 0.2) is 0 Å². The van der Waals surface area contributed by atoms with E-state index in [0.717, 1.165) is 30.6 Å². The molecule has 0 fully saturated rings. The molecule has 2 heterocycles. The lowest BCUT2D eigenvalue weighted by molar-refractivity contribution is 0.426. The minimum absolute atomic E-state index is 0.0981. The van der Waals surface area contributed by atoms with E-state index in [1.165, 1.54) is 4.57 Å². The maximum atomic E-state index is 12.2. The van der Waals surface area contributed by atoms with Crippen LogP contribution in [0, 0.1) is 0 Å². The van der Waals surface area contributed by atoms with Gasteiger partial charge in [0, 0.05) is 6.54 Å². The van der Waals surface area contributed by atoms with Crippen LogP contribution in [-0.4, -0.2) is 14.2 Å². The molecule has 0 bridgehead atoms. The number of benzene rings is 1. The first-order valence-electron chi connectivity index (χ1n) is 5.88. The third-order valence-corrected chi connectivity index (χ3v) is 3.28.